The Hall–Kier alpha value is -0.940. The second kappa shape index (κ2) is 6.01. The Morgan fingerprint density at radius 3 is 2.26 bits per heavy atom. The largest absolute Gasteiger partial charge is 0.207 e. The van der Waals surface area contributed by atoms with Gasteiger partial charge in [0.2, 0.25) is 0 Å². The maximum absolute atomic E-state index is 13.8. The van der Waals surface area contributed by atoms with Gasteiger partial charge in [0.25, 0.3) is 0 Å². The van der Waals surface area contributed by atoms with Crippen LogP contribution in [0.3, 0.4) is 0 Å². The Morgan fingerprint density at radius 2 is 1.58 bits per heavy atom. The van der Waals surface area contributed by atoms with Crippen molar-refractivity contribution in [1.29, 1.82) is 0 Å². The highest BCUT2D eigenvalue weighted by atomic mass is 79.9. The van der Waals surface area contributed by atoms with E-state index in [1.165, 1.54) is 11.8 Å². The molecule has 0 saturated heterocycles. The highest BCUT2D eigenvalue weighted by Gasteiger charge is 2.20. The molecule has 19 heavy (non-hydrogen) atoms. The monoisotopic (exact) mass is 346 g/mol. The van der Waals surface area contributed by atoms with E-state index >= 15 is 0 Å². The molecule has 100 valence electrons. The SMILES string of the molecule is CSc1ccccc1C(Br)c1cc(F)c(F)cc1F. The molecule has 1 atom stereocenters. The summed E-state index contributed by atoms with van der Waals surface area (Å²) < 4.78 is 39.9. The molecule has 0 heterocycles. The quantitative estimate of drug-likeness (QED) is 0.412. The van der Waals surface area contributed by atoms with Crippen LogP contribution in [0.5, 0.6) is 0 Å². The van der Waals surface area contributed by atoms with Crippen molar-refractivity contribution in [3.05, 3.63) is 65.0 Å². The van der Waals surface area contributed by atoms with E-state index in [9.17, 15) is 13.2 Å². The van der Waals surface area contributed by atoms with E-state index in [0.717, 1.165) is 16.5 Å². The van der Waals surface area contributed by atoms with Crippen molar-refractivity contribution < 1.29 is 13.2 Å². The molecule has 2 aromatic carbocycles. The predicted molar refractivity (Wildman–Crippen MR) is 75.3 cm³/mol. The van der Waals surface area contributed by atoms with Gasteiger partial charge in [-0.15, -0.1) is 11.8 Å². The maximum Gasteiger partial charge on any atom is 0.161 e. The van der Waals surface area contributed by atoms with Crippen LogP contribution in [0.2, 0.25) is 0 Å². The van der Waals surface area contributed by atoms with Crippen molar-refractivity contribution in [1.82, 2.24) is 0 Å². The first-order valence-electron chi connectivity index (χ1n) is 5.46. The van der Waals surface area contributed by atoms with Crippen molar-refractivity contribution >= 4 is 27.7 Å². The molecule has 0 aliphatic carbocycles. The molecule has 0 fully saturated rings. The van der Waals surface area contributed by atoms with Crippen molar-refractivity contribution in [3.63, 3.8) is 0 Å². The molecule has 1 unspecified atom stereocenters. The summed E-state index contributed by atoms with van der Waals surface area (Å²) in [5, 5.41) is 0. The van der Waals surface area contributed by atoms with Crippen LogP contribution in [0.1, 0.15) is 16.0 Å². The van der Waals surface area contributed by atoms with Gasteiger partial charge in [-0.25, -0.2) is 13.2 Å². The minimum atomic E-state index is -1.18. The average Bonchev–Trinajstić information content (AvgIpc) is 2.42. The molecule has 0 aromatic heterocycles. The Kier molecular flexibility index (Phi) is 4.58. The number of benzene rings is 2. The van der Waals surface area contributed by atoms with E-state index < -0.39 is 22.3 Å². The first-order valence-corrected chi connectivity index (χ1v) is 7.60. The van der Waals surface area contributed by atoms with Gasteiger partial charge in [-0.05, 0) is 24.0 Å². The zero-order valence-electron chi connectivity index (χ0n) is 9.96. The van der Waals surface area contributed by atoms with Crippen LogP contribution in [0.25, 0.3) is 0 Å². The van der Waals surface area contributed by atoms with Crippen LogP contribution in [0.4, 0.5) is 13.2 Å². The van der Waals surface area contributed by atoms with Gasteiger partial charge in [-0.3, -0.25) is 0 Å². The number of rotatable bonds is 3. The lowest BCUT2D eigenvalue weighted by molar-refractivity contribution is 0.491. The first-order chi connectivity index (χ1) is 9.04. The van der Waals surface area contributed by atoms with E-state index in [2.05, 4.69) is 15.9 Å². The highest BCUT2D eigenvalue weighted by Crippen LogP contribution is 2.37. The molecule has 0 bridgehead atoms. The summed E-state index contributed by atoms with van der Waals surface area (Å²) >= 11 is 4.86. The molecule has 0 saturated carbocycles. The number of hydrogen-bond acceptors (Lipinski definition) is 1. The van der Waals surface area contributed by atoms with E-state index in [4.69, 9.17) is 0 Å². The minimum absolute atomic E-state index is 0.0837. The number of hydrogen-bond donors (Lipinski definition) is 0. The van der Waals surface area contributed by atoms with Gasteiger partial charge in [0.05, 0.1) is 4.83 Å². The van der Waals surface area contributed by atoms with Gasteiger partial charge in [-0.2, -0.15) is 0 Å². The first kappa shape index (κ1) is 14.5. The molecule has 0 nitrogen and oxygen atoms in total. The Bertz CT molecular complexity index is 601. The molecule has 2 aromatic rings. The van der Waals surface area contributed by atoms with Crippen molar-refractivity contribution in [3.8, 4) is 0 Å². The third kappa shape index (κ3) is 2.98. The molecular weight excluding hydrogens is 337 g/mol. The Balaban J connectivity index is 2.50. The normalized spacial score (nSPS) is 12.5. The molecule has 2 rings (SSSR count). The van der Waals surface area contributed by atoms with E-state index in [0.29, 0.717) is 6.07 Å². The molecular formula is C14H10BrF3S. The second-order valence-corrected chi connectivity index (χ2v) is 5.66. The van der Waals surface area contributed by atoms with E-state index in [1.807, 2.05) is 30.5 Å². The van der Waals surface area contributed by atoms with Crippen LogP contribution < -0.4 is 0 Å². The summed E-state index contributed by atoms with van der Waals surface area (Å²) in [7, 11) is 0. The summed E-state index contributed by atoms with van der Waals surface area (Å²) in [6, 6.07) is 8.87. The predicted octanol–water partition coefficient (Wildman–Crippen LogP) is 5.31. The van der Waals surface area contributed by atoms with Gasteiger partial charge in [0.15, 0.2) is 11.6 Å². The van der Waals surface area contributed by atoms with Crippen LogP contribution in [-0.2, 0) is 0 Å². The van der Waals surface area contributed by atoms with Crippen LogP contribution >= 0.6 is 27.7 Å². The van der Waals surface area contributed by atoms with Gasteiger partial charge < -0.3 is 0 Å². The summed E-state index contributed by atoms with van der Waals surface area (Å²) in [4.78, 5) is 0.430. The molecule has 0 aliphatic rings. The molecule has 0 amide bonds. The molecule has 0 N–H and O–H groups in total. The van der Waals surface area contributed by atoms with E-state index in [1.54, 1.807) is 0 Å². The maximum atomic E-state index is 13.8. The lowest BCUT2D eigenvalue weighted by Crippen LogP contribution is -2.01. The van der Waals surface area contributed by atoms with Crippen molar-refractivity contribution in [2.75, 3.05) is 6.26 Å². The minimum Gasteiger partial charge on any atom is -0.207 e. The molecule has 0 radical (unpaired) electrons. The fourth-order valence-electron chi connectivity index (χ4n) is 1.78. The van der Waals surface area contributed by atoms with Gasteiger partial charge in [0.1, 0.15) is 5.82 Å². The standard InChI is InChI=1S/C14H10BrF3S/c1-19-13-5-3-2-4-8(13)14(15)9-6-11(17)12(18)7-10(9)16/h2-7,14H,1H3. The fourth-order valence-corrected chi connectivity index (χ4v) is 3.31. The third-order valence-corrected chi connectivity index (χ3v) is 4.52. The van der Waals surface area contributed by atoms with Crippen molar-refractivity contribution in [2.45, 2.75) is 9.72 Å². The highest BCUT2D eigenvalue weighted by molar-refractivity contribution is 9.09. The van der Waals surface area contributed by atoms with E-state index in [-0.39, 0.29) is 5.56 Å². The summed E-state index contributed by atoms with van der Waals surface area (Å²) in [5.74, 6) is -3.00. The third-order valence-electron chi connectivity index (χ3n) is 2.72. The van der Waals surface area contributed by atoms with Gasteiger partial charge in [0, 0.05) is 16.5 Å². The van der Waals surface area contributed by atoms with Crippen LogP contribution in [-0.4, -0.2) is 6.26 Å². The number of halogens is 4. The molecule has 0 spiro atoms. The zero-order valence-corrected chi connectivity index (χ0v) is 12.4. The lowest BCUT2D eigenvalue weighted by atomic mass is 10.0. The Labute approximate surface area is 122 Å². The summed E-state index contributed by atoms with van der Waals surface area (Å²) in [6.45, 7) is 0. The van der Waals surface area contributed by atoms with Crippen molar-refractivity contribution in [2.24, 2.45) is 0 Å². The Morgan fingerprint density at radius 1 is 0.947 bits per heavy atom. The fraction of sp³-hybridized carbons (Fsp3) is 0.143. The zero-order chi connectivity index (χ0) is 14.0. The lowest BCUT2D eigenvalue weighted by Gasteiger charge is -2.15. The average molecular weight is 347 g/mol. The van der Waals surface area contributed by atoms with Gasteiger partial charge in [-0.1, -0.05) is 34.1 Å². The van der Waals surface area contributed by atoms with Crippen LogP contribution in [0, 0.1) is 17.5 Å². The second-order valence-electron chi connectivity index (χ2n) is 3.89. The topological polar surface area (TPSA) is 0 Å². The summed E-state index contributed by atoms with van der Waals surface area (Å²) in [5.41, 5.74) is 0.903. The summed E-state index contributed by atoms with van der Waals surface area (Å²) in [6.07, 6.45) is 1.90. The van der Waals surface area contributed by atoms with Crippen LogP contribution in [0.15, 0.2) is 41.3 Å². The molecule has 5 heteroatoms. The molecule has 0 aliphatic heterocycles. The number of thioether (sulfide) groups is 1. The van der Waals surface area contributed by atoms with Gasteiger partial charge >= 0.3 is 0 Å². The number of alkyl halides is 1. The smallest absolute Gasteiger partial charge is 0.161 e.